The van der Waals surface area contributed by atoms with Crippen LogP contribution in [0.2, 0.25) is 0 Å². The molecule has 1 heterocycles. The summed E-state index contributed by atoms with van der Waals surface area (Å²) in [7, 11) is 0. The molecule has 0 unspecified atom stereocenters. The van der Waals surface area contributed by atoms with E-state index >= 15 is 0 Å². The van der Waals surface area contributed by atoms with Crippen LogP contribution >= 0.6 is 11.6 Å². The van der Waals surface area contributed by atoms with E-state index in [-0.39, 0.29) is 12.4 Å². The fourth-order valence-corrected chi connectivity index (χ4v) is 2.57. The minimum atomic E-state index is -0.688. The third kappa shape index (κ3) is 2.93. The number of fused-ring (bicyclic) bond motifs is 3. The van der Waals surface area contributed by atoms with E-state index < -0.39 is 11.7 Å². The third-order valence-electron chi connectivity index (χ3n) is 3.50. The minimum Gasteiger partial charge on any atom is -0.422 e. The molecule has 0 spiro atoms. The van der Waals surface area contributed by atoms with Gasteiger partial charge in [-0.05, 0) is 29.7 Å². The van der Waals surface area contributed by atoms with Crippen molar-refractivity contribution in [3.8, 4) is 0 Å². The Kier molecular flexibility index (Phi) is 4.43. The molecule has 0 aliphatic rings. The summed E-state index contributed by atoms with van der Waals surface area (Å²) in [5.41, 5.74) is 0.422. The van der Waals surface area contributed by atoms with E-state index in [4.69, 9.17) is 16.0 Å². The van der Waals surface area contributed by atoms with Gasteiger partial charge in [0.15, 0.2) is 0 Å². The first-order valence-electron chi connectivity index (χ1n) is 7.07. The highest BCUT2D eigenvalue weighted by Gasteiger charge is 2.14. The van der Waals surface area contributed by atoms with Gasteiger partial charge in [0.1, 0.15) is 5.58 Å². The Morgan fingerprint density at radius 3 is 2.62 bits per heavy atom. The quantitative estimate of drug-likeness (QED) is 0.256. The van der Waals surface area contributed by atoms with Crippen LogP contribution in [0.25, 0.3) is 21.7 Å². The van der Waals surface area contributed by atoms with Gasteiger partial charge in [0, 0.05) is 17.0 Å². The number of rotatable bonds is 4. The highest BCUT2D eigenvalue weighted by Crippen LogP contribution is 2.25. The maximum absolute atomic E-state index is 12.0. The van der Waals surface area contributed by atoms with Crippen LogP contribution in [0.3, 0.4) is 0 Å². The van der Waals surface area contributed by atoms with Crippen molar-refractivity contribution in [2.24, 2.45) is 5.29 Å². The lowest BCUT2D eigenvalue weighted by Gasteiger charge is -2.13. The summed E-state index contributed by atoms with van der Waals surface area (Å²) in [6.45, 7) is 0.00226. The average Bonchev–Trinajstić information content (AvgIpc) is 2.60. The SMILES string of the molecule is O=NN(CCCl)C(=O)Nc1ccc2oc(=O)c3ccccc3c2c1. The van der Waals surface area contributed by atoms with Crippen LogP contribution in [-0.2, 0) is 0 Å². The van der Waals surface area contributed by atoms with Crippen molar-refractivity contribution >= 4 is 45.1 Å². The lowest BCUT2D eigenvalue weighted by atomic mass is 10.1. The van der Waals surface area contributed by atoms with Gasteiger partial charge in [0.25, 0.3) is 0 Å². The number of nitrogens with zero attached hydrogens (tertiary/aromatic N) is 2. The van der Waals surface area contributed by atoms with E-state index in [0.29, 0.717) is 32.4 Å². The molecule has 0 fully saturated rings. The first kappa shape index (κ1) is 15.9. The summed E-state index contributed by atoms with van der Waals surface area (Å²) in [4.78, 5) is 34.6. The number of hydrogen-bond donors (Lipinski definition) is 1. The molecule has 1 aromatic heterocycles. The molecule has 2 aromatic carbocycles. The normalized spacial score (nSPS) is 10.7. The molecule has 0 atom stereocenters. The zero-order valence-electron chi connectivity index (χ0n) is 12.4. The maximum atomic E-state index is 12.0. The van der Waals surface area contributed by atoms with Crippen LogP contribution in [0.15, 0.2) is 57.0 Å². The molecule has 2 amide bonds. The van der Waals surface area contributed by atoms with E-state index in [9.17, 15) is 14.5 Å². The van der Waals surface area contributed by atoms with Crippen LogP contribution in [0.4, 0.5) is 10.5 Å². The minimum absolute atomic E-state index is 0.00226. The number of amides is 2. The number of alkyl halides is 1. The highest BCUT2D eigenvalue weighted by molar-refractivity contribution is 6.18. The Hall–Kier alpha value is -2.93. The van der Waals surface area contributed by atoms with E-state index in [0.717, 1.165) is 0 Å². The molecule has 3 rings (SSSR count). The third-order valence-corrected chi connectivity index (χ3v) is 3.67. The lowest BCUT2D eigenvalue weighted by molar-refractivity contribution is 0.216. The Bertz CT molecular complexity index is 986. The number of benzene rings is 2. The van der Waals surface area contributed by atoms with Crippen molar-refractivity contribution in [2.45, 2.75) is 0 Å². The molecule has 0 bridgehead atoms. The number of halogens is 1. The molecule has 0 saturated carbocycles. The van der Waals surface area contributed by atoms with Crippen LogP contribution in [0, 0.1) is 4.91 Å². The number of nitrogens with one attached hydrogen (secondary N) is 1. The molecule has 0 radical (unpaired) electrons. The Morgan fingerprint density at radius 2 is 1.92 bits per heavy atom. The topological polar surface area (TPSA) is 92.0 Å². The van der Waals surface area contributed by atoms with Gasteiger partial charge in [-0.15, -0.1) is 16.5 Å². The van der Waals surface area contributed by atoms with Crippen molar-refractivity contribution < 1.29 is 9.21 Å². The molecule has 122 valence electrons. The van der Waals surface area contributed by atoms with Crippen molar-refractivity contribution in [2.75, 3.05) is 17.7 Å². The number of anilines is 1. The second kappa shape index (κ2) is 6.67. The molecule has 1 N–H and O–H groups in total. The Labute approximate surface area is 140 Å². The van der Waals surface area contributed by atoms with E-state index in [2.05, 4.69) is 10.6 Å². The van der Waals surface area contributed by atoms with Crippen molar-refractivity contribution in [1.82, 2.24) is 5.01 Å². The van der Waals surface area contributed by atoms with Gasteiger partial charge in [0.05, 0.1) is 17.2 Å². The maximum Gasteiger partial charge on any atom is 0.344 e. The van der Waals surface area contributed by atoms with Gasteiger partial charge in [-0.3, -0.25) is 0 Å². The van der Waals surface area contributed by atoms with Crippen molar-refractivity contribution in [3.05, 3.63) is 57.8 Å². The summed E-state index contributed by atoms with van der Waals surface area (Å²) in [6, 6.07) is 11.2. The zero-order valence-corrected chi connectivity index (χ0v) is 13.1. The number of carbonyl (C=O) groups excluding carboxylic acids is 1. The predicted octanol–water partition coefficient (Wildman–Crippen LogP) is 3.70. The zero-order chi connectivity index (χ0) is 17.1. The van der Waals surface area contributed by atoms with Crippen LogP contribution in [0.5, 0.6) is 0 Å². The lowest BCUT2D eigenvalue weighted by Crippen LogP contribution is -2.31. The molecule has 8 heteroatoms. The standard InChI is InChI=1S/C16H12ClN3O4/c17-7-8-20(19-23)16(22)18-10-5-6-14-13(9-10)11-3-1-2-4-12(11)15(21)24-14/h1-6,9H,7-8H2,(H,18,22). The Balaban J connectivity index is 2.03. The van der Waals surface area contributed by atoms with Crippen molar-refractivity contribution in [1.29, 1.82) is 0 Å². The van der Waals surface area contributed by atoms with Crippen LogP contribution in [-0.4, -0.2) is 23.5 Å². The van der Waals surface area contributed by atoms with Crippen LogP contribution < -0.4 is 10.9 Å². The highest BCUT2D eigenvalue weighted by atomic mass is 35.5. The van der Waals surface area contributed by atoms with Crippen molar-refractivity contribution in [3.63, 3.8) is 0 Å². The summed E-state index contributed by atoms with van der Waals surface area (Å²) in [6.07, 6.45) is 0. The molecular weight excluding hydrogens is 334 g/mol. The number of urea groups is 1. The molecule has 0 saturated heterocycles. The molecule has 0 aliphatic carbocycles. The van der Waals surface area contributed by atoms with Gasteiger partial charge in [0.2, 0.25) is 0 Å². The first-order valence-corrected chi connectivity index (χ1v) is 7.61. The second-order valence-electron chi connectivity index (χ2n) is 4.97. The van der Waals surface area contributed by atoms with Crippen LogP contribution in [0.1, 0.15) is 0 Å². The smallest absolute Gasteiger partial charge is 0.344 e. The van der Waals surface area contributed by atoms with Gasteiger partial charge >= 0.3 is 11.7 Å². The largest absolute Gasteiger partial charge is 0.422 e. The first-order chi connectivity index (χ1) is 11.6. The summed E-state index contributed by atoms with van der Waals surface area (Å²) >= 11 is 5.52. The van der Waals surface area contributed by atoms with E-state index in [1.807, 2.05) is 6.07 Å². The summed E-state index contributed by atoms with van der Waals surface area (Å²) < 4.78 is 5.28. The molecule has 3 aromatic rings. The fourth-order valence-electron chi connectivity index (χ4n) is 2.41. The molecule has 7 nitrogen and oxygen atoms in total. The van der Waals surface area contributed by atoms with Gasteiger partial charge < -0.3 is 9.73 Å². The van der Waals surface area contributed by atoms with E-state index in [1.54, 1.807) is 36.4 Å². The molecule has 0 aliphatic heterocycles. The van der Waals surface area contributed by atoms with E-state index in [1.165, 1.54) is 0 Å². The Morgan fingerprint density at radius 1 is 1.17 bits per heavy atom. The summed E-state index contributed by atoms with van der Waals surface area (Å²) in [5, 5.41) is 7.72. The summed E-state index contributed by atoms with van der Waals surface area (Å²) in [5.74, 6) is 0.0900. The fraction of sp³-hybridized carbons (Fsp3) is 0.125. The number of carbonyl (C=O) groups is 1. The molecular formula is C16H12ClN3O4. The number of nitroso groups, excluding NO2 is 1. The molecule has 24 heavy (non-hydrogen) atoms. The second-order valence-corrected chi connectivity index (χ2v) is 5.35. The van der Waals surface area contributed by atoms with Gasteiger partial charge in [-0.2, -0.15) is 5.01 Å². The van der Waals surface area contributed by atoms with Gasteiger partial charge in [-0.25, -0.2) is 9.59 Å². The van der Waals surface area contributed by atoms with Gasteiger partial charge in [-0.1, -0.05) is 18.2 Å². The predicted molar refractivity (Wildman–Crippen MR) is 92.2 cm³/mol. The average molecular weight is 346 g/mol. The monoisotopic (exact) mass is 345 g/mol. The number of hydrogen-bond acceptors (Lipinski definition) is 5.